The van der Waals surface area contributed by atoms with E-state index in [1.54, 1.807) is 9.80 Å². The van der Waals surface area contributed by atoms with Gasteiger partial charge in [0, 0.05) is 36.4 Å². The number of nitrogens with zero attached hydrogens (tertiary/aromatic N) is 1. The fourth-order valence-electron chi connectivity index (χ4n) is 4.79. The van der Waals surface area contributed by atoms with Gasteiger partial charge >= 0.3 is 0 Å². The summed E-state index contributed by atoms with van der Waals surface area (Å²) in [5.74, 6) is 0. The minimum absolute atomic E-state index is 0.898. The first-order chi connectivity index (χ1) is 12.9. The van der Waals surface area contributed by atoms with Crippen molar-refractivity contribution in [2.75, 3.05) is 39.3 Å². The van der Waals surface area contributed by atoms with E-state index < -0.39 is 0 Å². The number of hydrogen-bond donors (Lipinski definition) is 3. The van der Waals surface area contributed by atoms with Gasteiger partial charge < -0.3 is 14.7 Å². The second-order valence-electron chi connectivity index (χ2n) is 8.13. The topological polar surface area (TPSA) is 26.2 Å². The minimum atomic E-state index is 0.898. The molecule has 2 aliphatic rings. The molecule has 1 aromatic carbocycles. The number of piperidine rings is 1. The number of benzene rings is 1. The van der Waals surface area contributed by atoms with Crippen molar-refractivity contribution in [2.45, 2.75) is 32.0 Å². The standard InChI is InChI=1S/C22H30N4/c1-2-4-20(5-3-1)18-25-14-16-26(17-15-25)22-8-12-24(13-9-22)19-21-6-10-23-11-7-21/h1-7,10-11,22H,8-9,12-19H2/p+3. The SMILES string of the molecule is c1ccc(C[NH+]2CC[NH+](C3CC[NH+](Cc4ccncc4)CC3)CC2)cc1. The molecule has 4 heteroatoms. The van der Waals surface area contributed by atoms with Gasteiger partial charge in [-0.3, -0.25) is 4.98 Å². The van der Waals surface area contributed by atoms with Gasteiger partial charge in [-0.25, -0.2) is 0 Å². The van der Waals surface area contributed by atoms with Crippen LogP contribution in [-0.2, 0) is 13.1 Å². The number of likely N-dealkylation sites (tertiary alicyclic amines) is 1. The molecule has 3 heterocycles. The van der Waals surface area contributed by atoms with Crippen molar-refractivity contribution in [1.82, 2.24) is 4.98 Å². The van der Waals surface area contributed by atoms with E-state index in [4.69, 9.17) is 0 Å². The molecule has 2 fully saturated rings. The fraction of sp³-hybridized carbons (Fsp3) is 0.500. The number of quaternary nitrogens is 3. The van der Waals surface area contributed by atoms with Gasteiger partial charge in [-0.2, -0.15) is 0 Å². The molecule has 3 N–H and O–H groups in total. The van der Waals surface area contributed by atoms with Gasteiger partial charge in [0.15, 0.2) is 0 Å². The van der Waals surface area contributed by atoms with Gasteiger partial charge in [-0.1, -0.05) is 30.3 Å². The quantitative estimate of drug-likeness (QED) is 0.607. The Hall–Kier alpha value is -1.75. The van der Waals surface area contributed by atoms with E-state index in [0.717, 1.165) is 6.04 Å². The Morgan fingerprint density at radius 1 is 0.692 bits per heavy atom. The van der Waals surface area contributed by atoms with E-state index >= 15 is 0 Å². The lowest BCUT2D eigenvalue weighted by atomic mass is 10.0. The number of pyridine rings is 1. The lowest BCUT2D eigenvalue weighted by Gasteiger charge is -2.37. The van der Waals surface area contributed by atoms with Crippen molar-refractivity contribution in [3.05, 3.63) is 66.0 Å². The summed E-state index contributed by atoms with van der Waals surface area (Å²) in [5, 5.41) is 0. The molecular weight excluding hydrogens is 320 g/mol. The van der Waals surface area contributed by atoms with E-state index in [1.165, 1.54) is 76.3 Å². The highest BCUT2D eigenvalue weighted by Gasteiger charge is 2.33. The highest BCUT2D eigenvalue weighted by molar-refractivity contribution is 5.13. The third kappa shape index (κ3) is 4.70. The second-order valence-corrected chi connectivity index (χ2v) is 8.13. The predicted molar refractivity (Wildman–Crippen MR) is 103 cm³/mol. The Morgan fingerprint density at radius 2 is 1.27 bits per heavy atom. The lowest BCUT2D eigenvalue weighted by molar-refractivity contribution is -1.04. The van der Waals surface area contributed by atoms with Gasteiger partial charge in [-0.05, 0) is 12.1 Å². The molecule has 0 amide bonds. The first kappa shape index (κ1) is 17.7. The molecule has 2 aliphatic heterocycles. The van der Waals surface area contributed by atoms with Crippen molar-refractivity contribution in [2.24, 2.45) is 0 Å². The van der Waals surface area contributed by atoms with E-state index in [-0.39, 0.29) is 0 Å². The molecule has 0 radical (unpaired) electrons. The summed E-state index contributed by atoms with van der Waals surface area (Å²) in [5.41, 5.74) is 2.91. The van der Waals surface area contributed by atoms with Gasteiger partial charge in [0.2, 0.25) is 0 Å². The zero-order valence-electron chi connectivity index (χ0n) is 15.8. The van der Waals surface area contributed by atoms with Crippen LogP contribution in [0.1, 0.15) is 24.0 Å². The van der Waals surface area contributed by atoms with Crippen molar-refractivity contribution in [3.63, 3.8) is 0 Å². The molecule has 4 nitrogen and oxygen atoms in total. The minimum Gasteiger partial charge on any atom is -0.331 e. The van der Waals surface area contributed by atoms with Crippen LogP contribution in [0.25, 0.3) is 0 Å². The van der Waals surface area contributed by atoms with Gasteiger partial charge in [0.1, 0.15) is 39.3 Å². The van der Waals surface area contributed by atoms with Crippen LogP contribution < -0.4 is 14.7 Å². The van der Waals surface area contributed by atoms with E-state index in [1.807, 2.05) is 17.3 Å². The number of rotatable bonds is 5. The van der Waals surface area contributed by atoms with E-state index in [0.29, 0.717) is 0 Å². The molecule has 0 spiro atoms. The Balaban J connectivity index is 1.20. The van der Waals surface area contributed by atoms with Crippen LogP contribution in [0.4, 0.5) is 0 Å². The molecule has 0 saturated carbocycles. The van der Waals surface area contributed by atoms with Crippen LogP contribution in [0.3, 0.4) is 0 Å². The zero-order chi connectivity index (χ0) is 17.6. The first-order valence-electron chi connectivity index (χ1n) is 10.3. The fourth-order valence-corrected chi connectivity index (χ4v) is 4.79. The molecule has 138 valence electrons. The summed E-state index contributed by atoms with van der Waals surface area (Å²) in [6.07, 6.45) is 6.62. The van der Waals surface area contributed by atoms with Crippen LogP contribution in [0.5, 0.6) is 0 Å². The summed E-state index contributed by atoms with van der Waals surface area (Å²) >= 11 is 0. The van der Waals surface area contributed by atoms with E-state index in [2.05, 4.69) is 47.4 Å². The molecule has 0 bridgehead atoms. The molecule has 0 aliphatic carbocycles. The summed E-state index contributed by atoms with van der Waals surface area (Å²) < 4.78 is 0. The van der Waals surface area contributed by atoms with Crippen LogP contribution in [0, 0.1) is 0 Å². The Bertz CT molecular complexity index is 585. The summed E-state index contributed by atoms with van der Waals surface area (Å²) in [6, 6.07) is 16.2. The summed E-state index contributed by atoms with van der Waals surface area (Å²) in [7, 11) is 0. The average Bonchev–Trinajstić information content (AvgIpc) is 2.71. The van der Waals surface area contributed by atoms with Gasteiger partial charge in [0.25, 0.3) is 0 Å². The van der Waals surface area contributed by atoms with Gasteiger partial charge in [-0.15, -0.1) is 0 Å². The molecule has 1 aromatic heterocycles. The molecule has 2 saturated heterocycles. The maximum absolute atomic E-state index is 4.13. The Kier molecular flexibility index (Phi) is 5.95. The highest BCUT2D eigenvalue weighted by atomic mass is 15.3. The van der Waals surface area contributed by atoms with Crippen molar-refractivity contribution in [3.8, 4) is 0 Å². The largest absolute Gasteiger partial charge is 0.331 e. The monoisotopic (exact) mass is 353 g/mol. The lowest BCUT2D eigenvalue weighted by Crippen LogP contribution is -3.30. The maximum atomic E-state index is 4.13. The molecule has 4 rings (SSSR count). The van der Waals surface area contributed by atoms with Crippen LogP contribution in [-0.4, -0.2) is 50.3 Å². The predicted octanol–water partition coefficient (Wildman–Crippen LogP) is -1.39. The summed E-state index contributed by atoms with van der Waals surface area (Å²) in [4.78, 5) is 9.52. The average molecular weight is 354 g/mol. The zero-order valence-corrected chi connectivity index (χ0v) is 15.8. The maximum Gasteiger partial charge on any atom is 0.127 e. The smallest absolute Gasteiger partial charge is 0.127 e. The Labute approximate surface area is 157 Å². The van der Waals surface area contributed by atoms with Crippen molar-refractivity contribution in [1.29, 1.82) is 0 Å². The van der Waals surface area contributed by atoms with Crippen molar-refractivity contribution >= 4 is 0 Å². The number of aromatic nitrogens is 1. The number of hydrogen-bond acceptors (Lipinski definition) is 1. The molecule has 0 atom stereocenters. The molecule has 26 heavy (non-hydrogen) atoms. The number of nitrogens with one attached hydrogen (secondary N) is 3. The second kappa shape index (κ2) is 8.76. The Morgan fingerprint density at radius 3 is 1.92 bits per heavy atom. The van der Waals surface area contributed by atoms with Crippen molar-refractivity contribution < 1.29 is 14.7 Å². The van der Waals surface area contributed by atoms with Crippen LogP contribution in [0.2, 0.25) is 0 Å². The van der Waals surface area contributed by atoms with E-state index in [9.17, 15) is 0 Å². The van der Waals surface area contributed by atoms with Crippen LogP contribution >= 0.6 is 0 Å². The molecular formula is C22H33N4+3. The highest BCUT2D eigenvalue weighted by Crippen LogP contribution is 1.99. The normalized spacial score (nSPS) is 29.4. The molecule has 2 aromatic rings. The summed E-state index contributed by atoms with van der Waals surface area (Å²) in [6.45, 7) is 10.4. The third-order valence-corrected chi connectivity index (χ3v) is 6.37. The number of piperazine rings is 1. The van der Waals surface area contributed by atoms with Gasteiger partial charge in [0.05, 0.1) is 19.1 Å². The first-order valence-corrected chi connectivity index (χ1v) is 10.3. The third-order valence-electron chi connectivity index (χ3n) is 6.37. The molecule has 0 unspecified atom stereocenters. The van der Waals surface area contributed by atoms with Crippen LogP contribution in [0.15, 0.2) is 54.9 Å².